The number of para-hydroxylation sites is 2. The summed E-state index contributed by atoms with van der Waals surface area (Å²) in [6.45, 7) is 5.31. The maximum Gasteiger partial charge on any atom is 0.338 e. The predicted molar refractivity (Wildman–Crippen MR) is 132 cm³/mol. The number of carbonyl (C=O) groups is 2. The molecule has 0 saturated heterocycles. The fraction of sp³-hybridized carbons (Fsp3) is 0.231. The second kappa shape index (κ2) is 9.79. The van der Waals surface area contributed by atoms with Crippen LogP contribution in [0, 0.1) is 13.8 Å². The number of hydrogen-bond donors (Lipinski definition) is 1. The fourth-order valence-corrected chi connectivity index (χ4v) is 5.29. The van der Waals surface area contributed by atoms with Crippen LogP contribution in [0.2, 0.25) is 0 Å². The summed E-state index contributed by atoms with van der Waals surface area (Å²) < 4.78 is 39.2. The highest BCUT2D eigenvalue weighted by Crippen LogP contribution is 2.37. The summed E-state index contributed by atoms with van der Waals surface area (Å²) in [7, 11) is -3.95. The van der Waals surface area contributed by atoms with E-state index in [2.05, 4.69) is 5.32 Å². The lowest BCUT2D eigenvalue weighted by molar-refractivity contribution is -0.122. The van der Waals surface area contributed by atoms with Gasteiger partial charge in [-0.25, -0.2) is 13.2 Å². The minimum Gasteiger partial charge on any atom is -0.476 e. The second-order valence-corrected chi connectivity index (χ2v) is 9.97. The van der Waals surface area contributed by atoms with E-state index in [1.54, 1.807) is 80.6 Å². The number of nitrogens with one attached hydrogen (secondary N) is 1. The predicted octanol–water partition coefficient (Wildman–Crippen LogP) is 4.08. The van der Waals surface area contributed by atoms with Crippen molar-refractivity contribution in [3.05, 3.63) is 83.4 Å². The molecule has 0 radical (unpaired) electrons. The molecule has 35 heavy (non-hydrogen) atoms. The van der Waals surface area contributed by atoms with Crippen LogP contribution in [-0.4, -0.2) is 39.5 Å². The molecule has 1 heterocycles. The number of amides is 1. The largest absolute Gasteiger partial charge is 0.476 e. The van der Waals surface area contributed by atoms with Crippen LogP contribution in [0.5, 0.6) is 5.75 Å². The Morgan fingerprint density at radius 3 is 2.46 bits per heavy atom. The van der Waals surface area contributed by atoms with Gasteiger partial charge in [0.2, 0.25) is 0 Å². The molecule has 0 aromatic heterocycles. The molecule has 0 spiro atoms. The molecule has 9 heteroatoms. The van der Waals surface area contributed by atoms with Gasteiger partial charge in [-0.2, -0.15) is 0 Å². The van der Waals surface area contributed by atoms with Crippen molar-refractivity contribution >= 4 is 33.3 Å². The van der Waals surface area contributed by atoms with Gasteiger partial charge in [0.15, 0.2) is 6.10 Å². The molecule has 0 aliphatic carbocycles. The number of hydrogen-bond acceptors (Lipinski definition) is 6. The van der Waals surface area contributed by atoms with Crippen LogP contribution in [0.15, 0.2) is 71.6 Å². The number of esters is 1. The minimum atomic E-state index is -3.95. The summed E-state index contributed by atoms with van der Waals surface area (Å²) >= 11 is 0. The number of nitrogens with zero attached hydrogens (tertiary/aromatic N) is 1. The standard InChI is InChI=1S/C26H26N2O6S/c1-4-33-26(30)20-8-7-9-21(18(20)3)27-25(29)24-16-28(22-10-5-6-11-23(22)34-24)35(31,32)19-14-12-17(2)13-15-19/h5-15,24H,4,16H2,1-3H3,(H,27,29). The van der Waals surface area contributed by atoms with Crippen molar-refractivity contribution in [2.24, 2.45) is 0 Å². The first-order valence-corrected chi connectivity index (χ1v) is 12.6. The van der Waals surface area contributed by atoms with Gasteiger partial charge in [-0.1, -0.05) is 35.9 Å². The molecule has 4 rings (SSSR count). The second-order valence-electron chi connectivity index (χ2n) is 8.11. The number of sulfonamides is 1. The Morgan fingerprint density at radius 2 is 1.74 bits per heavy atom. The van der Waals surface area contributed by atoms with Crippen molar-refractivity contribution in [2.75, 3.05) is 22.8 Å². The Kier molecular flexibility index (Phi) is 6.79. The van der Waals surface area contributed by atoms with E-state index in [1.807, 2.05) is 6.92 Å². The van der Waals surface area contributed by atoms with Crippen molar-refractivity contribution < 1.29 is 27.5 Å². The normalized spacial score (nSPS) is 15.1. The quantitative estimate of drug-likeness (QED) is 0.518. The molecule has 1 unspecified atom stereocenters. The van der Waals surface area contributed by atoms with Crippen molar-refractivity contribution in [2.45, 2.75) is 31.8 Å². The van der Waals surface area contributed by atoms with E-state index >= 15 is 0 Å². The maximum absolute atomic E-state index is 13.5. The van der Waals surface area contributed by atoms with E-state index in [4.69, 9.17) is 9.47 Å². The highest BCUT2D eigenvalue weighted by Gasteiger charge is 2.37. The number of ether oxygens (including phenoxy) is 2. The summed E-state index contributed by atoms with van der Waals surface area (Å²) in [5.41, 5.74) is 2.58. The molecule has 182 valence electrons. The van der Waals surface area contributed by atoms with E-state index < -0.39 is 28.0 Å². The monoisotopic (exact) mass is 494 g/mol. The van der Waals surface area contributed by atoms with Gasteiger partial charge in [0, 0.05) is 5.69 Å². The molecule has 8 nitrogen and oxygen atoms in total. The van der Waals surface area contributed by atoms with Crippen molar-refractivity contribution in [3.8, 4) is 5.75 Å². The smallest absolute Gasteiger partial charge is 0.338 e. The molecule has 0 saturated carbocycles. The van der Waals surface area contributed by atoms with Crippen LogP contribution in [0.4, 0.5) is 11.4 Å². The molecule has 1 N–H and O–H groups in total. The average Bonchev–Trinajstić information content (AvgIpc) is 2.85. The maximum atomic E-state index is 13.5. The zero-order valence-electron chi connectivity index (χ0n) is 19.6. The summed E-state index contributed by atoms with van der Waals surface area (Å²) in [5.74, 6) is -0.737. The summed E-state index contributed by atoms with van der Waals surface area (Å²) in [4.78, 5) is 25.6. The highest BCUT2D eigenvalue weighted by molar-refractivity contribution is 7.92. The average molecular weight is 495 g/mol. The van der Waals surface area contributed by atoms with Gasteiger partial charge in [0.25, 0.3) is 15.9 Å². The molecule has 0 bridgehead atoms. The third-order valence-electron chi connectivity index (χ3n) is 5.72. The first kappa shape index (κ1) is 24.3. The van der Waals surface area contributed by atoms with E-state index in [0.29, 0.717) is 22.5 Å². The van der Waals surface area contributed by atoms with E-state index in [1.165, 1.54) is 4.31 Å². The molecule has 1 aliphatic heterocycles. The van der Waals surface area contributed by atoms with E-state index in [-0.39, 0.29) is 23.8 Å². The van der Waals surface area contributed by atoms with Crippen LogP contribution >= 0.6 is 0 Å². The van der Waals surface area contributed by atoms with Gasteiger partial charge in [-0.3, -0.25) is 9.10 Å². The van der Waals surface area contributed by atoms with Gasteiger partial charge >= 0.3 is 5.97 Å². The third kappa shape index (κ3) is 4.85. The van der Waals surface area contributed by atoms with Gasteiger partial charge in [-0.05, 0) is 62.7 Å². The number of rotatable bonds is 6. The highest BCUT2D eigenvalue weighted by atomic mass is 32.2. The van der Waals surface area contributed by atoms with Crippen LogP contribution < -0.4 is 14.4 Å². The molecule has 1 aliphatic rings. The van der Waals surface area contributed by atoms with Gasteiger partial charge in [-0.15, -0.1) is 0 Å². The van der Waals surface area contributed by atoms with Crippen LogP contribution in [0.1, 0.15) is 28.4 Å². The Balaban J connectivity index is 1.64. The molecule has 3 aromatic rings. The molecule has 0 fully saturated rings. The summed E-state index contributed by atoms with van der Waals surface area (Å²) in [6.07, 6.45) is -1.12. The van der Waals surface area contributed by atoms with Gasteiger partial charge in [0.1, 0.15) is 5.75 Å². The molecule has 3 aromatic carbocycles. The number of fused-ring (bicyclic) bond motifs is 1. The molecule has 1 atom stereocenters. The zero-order valence-corrected chi connectivity index (χ0v) is 20.5. The lowest BCUT2D eigenvalue weighted by Crippen LogP contribution is -2.48. The van der Waals surface area contributed by atoms with Crippen molar-refractivity contribution in [1.82, 2.24) is 0 Å². The van der Waals surface area contributed by atoms with E-state index in [9.17, 15) is 18.0 Å². The Labute approximate surface area is 204 Å². The number of aryl methyl sites for hydroxylation is 1. The van der Waals surface area contributed by atoms with Crippen molar-refractivity contribution in [3.63, 3.8) is 0 Å². The van der Waals surface area contributed by atoms with Gasteiger partial charge < -0.3 is 14.8 Å². The SMILES string of the molecule is CCOC(=O)c1cccc(NC(=O)C2CN(S(=O)(=O)c3ccc(C)cc3)c3ccccc3O2)c1C. The number of benzene rings is 3. The Hall–Kier alpha value is -3.85. The molecule has 1 amide bonds. The minimum absolute atomic E-state index is 0.122. The number of carbonyl (C=O) groups excluding carboxylic acids is 2. The van der Waals surface area contributed by atoms with Crippen LogP contribution in [0.25, 0.3) is 0 Å². The van der Waals surface area contributed by atoms with Gasteiger partial charge in [0.05, 0.1) is 29.3 Å². The first-order chi connectivity index (χ1) is 16.7. The van der Waals surface area contributed by atoms with Crippen LogP contribution in [-0.2, 0) is 19.6 Å². The molecular formula is C26H26N2O6S. The Morgan fingerprint density at radius 1 is 1.03 bits per heavy atom. The Bertz CT molecular complexity index is 1370. The lowest BCUT2D eigenvalue weighted by atomic mass is 10.1. The lowest BCUT2D eigenvalue weighted by Gasteiger charge is -2.34. The van der Waals surface area contributed by atoms with Crippen molar-refractivity contribution in [1.29, 1.82) is 0 Å². The zero-order chi connectivity index (χ0) is 25.2. The molecular weight excluding hydrogens is 468 g/mol. The topological polar surface area (TPSA) is 102 Å². The van der Waals surface area contributed by atoms with Crippen LogP contribution in [0.3, 0.4) is 0 Å². The fourth-order valence-electron chi connectivity index (χ4n) is 3.82. The third-order valence-corrected chi connectivity index (χ3v) is 7.52. The first-order valence-electron chi connectivity index (χ1n) is 11.1. The number of anilines is 2. The summed E-state index contributed by atoms with van der Waals surface area (Å²) in [5, 5.41) is 2.77. The summed E-state index contributed by atoms with van der Waals surface area (Å²) in [6, 6.07) is 18.1. The van der Waals surface area contributed by atoms with E-state index in [0.717, 1.165) is 5.56 Å².